The summed E-state index contributed by atoms with van der Waals surface area (Å²) < 4.78 is 8.03. The molecule has 2 aromatic heterocycles. The standard InChI is InChI=1S/C20H16BrN5O2/c1-25(20(27)28-12-14-6-3-2-4-7-14)18-17-11-24-26(19(17)23-13-22-18)16-9-5-8-15(21)10-16/h2-11,13H,12H2,1H3. The normalized spacial score (nSPS) is 10.8. The Morgan fingerprint density at radius 2 is 1.96 bits per heavy atom. The molecule has 1 amide bonds. The summed E-state index contributed by atoms with van der Waals surface area (Å²) in [7, 11) is 1.62. The zero-order valence-electron chi connectivity index (χ0n) is 15.0. The number of carbonyl (C=O) groups is 1. The van der Waals surface area contributed by atoms with Crippen LogP contribution in [0.25, 0.3) is 16.7 Å². The summed E-state index contributed by atoms with van der Waals surface area (Å²) in [6, 6.07) is 17.2. The van der Waals surface area contributed by atoms with E-state index in [2.05, 4.69) is 31.0 Å². The molecule has 7 nitrogen and oxygen atoms in total. The third kappa shape index (κ3) is 3.59. The van der Waals surface area contributed by atoms with Crippen molar-refractivity contribution in [2.75, 3.05) is 11.9 Å². The summed E-state index contributed by atoms with van der Waals surface area (Å²) in [6.45, 7) is 0.190. The van der Waals surface area contributed by atoms with E-state index in [0.29, 0.717) is 16.9 Å². The zero-order chi connectivity index (χ0) is 19.5. The molecule has 2 aromatic carbocycles. The molecule has 0 aliphatic heterocycles. The van der Waals surface area contributed by atoms with Crippen LogP contribution in [0.5, 0.6) is 0 Å². The zero-order valence-corrected chi connectivity index (χ0v) is 16.6. The summed E-state index contributed by atoms with van der Waals surface area (Å²) >= 11 is 3.46. The van der Waals surface area contributed by atoms with E-state index in [4.69, 9.17) is 4.74 Å². The largest absolute Gasteiger partial charge is 0.444 e. The Kier molecular flexibility index (Phi) is 5.03. The third-order valence-electron chi connectivity index (χ3n) is 4.19. The van der Waals surface area contributed by atoms with E-state index in [9.17, 15) is 4.79 Å². The number of rotatable bonds is 4. The van der Waals surface area contributed by atoms with Crippen LogP contribution in [-0.2, 0) is 11.3 Å². The lowest BCUT2D eigenvalue weighted by atomic mass is 10.2. The highest BCUT2D eigenvalue weighted by molar-refractivity contribution is 9.10. The predicted octanol–water partition coefficient (Wildman–Crippen LogP) is 4.35. The number of hydrogen-bond acceptors (Lipinski definition) is 5. The number of anilines is 1. The molecule has 0 aliphatic rings. The molecule has 8 heteroatoms. The van der Waals surface area contributed by atoms with Crippen molar-refractivity contribution >= 4 is 38.9 Å². The fourth-order valence-electron chi connectivity index (χ4n) is 2.80. The molecule has 0 saturated heterocycles. The van der Waals surface area contributed by atoms with E-state index in [-0.39, 0.29) is 6.61 Å². The molecular formula is C20H16BrN5O2. The van der Waals surface area contributed by atoms with Crippen molar-refractivity contribution in [2.24, 2.45) is 0 Å². The monoisotopic (exact) mass is 437 g/mol. The number of ether oxygens (including phenoxy) is 1. The van der Waals surface area contributed by atoms with Gasteiger partial charge in [-0.15, -0.1) is 0 Å². The number of aromatic nitrogens is 4. The lowest BCUT2D eigenvalue weighted by Gasteiger charge is -2.16. The maximum absolute atomic E-state index is 12.5. The first-order valence-corrected chi connectivity index (χ1v) is 9.32. The van der Waals surface area contributed by atoms with Gasteiger partial charge in [-0.05, 0) is 23.8 Å². The van der Waals surface area contributed by atoms with Crippen LogP contribution in [0.1, 0.15) is 5.56 Å². The maximum atomic E-state index is 12.5. The lowest BCUT2D eigenvalue weighted by molar-refractivity contribution is 0.148. The minimum absolute atomic E-state index is 0.190. The summed E-state index contributed by atoms with van der Waals surface area (Å²) in [4.78, 5) is 22.5. The van der Waals surface area contributed by atoms with E-state index in [0.717, 1.165) is 15.7 Å². The average molecular weight is 438 g/mol. The molecule has 0 atom stereocenters. The molecule has 2 heterocycles. The van der Waals surface area contributed by atoms with Crippen molar-refractivity contribution in [3.63, 3.8) is 0 Å². The summed E-state index contributed by atoms with van der Waals surface area (Å²) in [6.07, 6.45) is 2.56. The highest BCUT2D eigenvalue weighted by atomic mass is 79.9. The summed E-state index contributed by atoms with van der Waals surface area (Å²) in [5, 5.41) is 5.07. The van der Waals surface area contributed by atoms with E-state index in [1.807, 2.05) is 54.6 Å². The van der Waals surface area contributed by atoms with Gasteiger partial charge in [0.1, 0.15) is 12.9 Å². The molecule has 4 aromatic rings. The SMILES string of the molecule is CN(C(=O)OCc1ccccc1)c1ncnc2c1cnn2-c1cccc(Br)c1. The van der Waals surface area contributed by atoms with Crippen LogP contribution in [0.4, 0.5) is 10.6 Å². The molecule has 0 fully saturated rings. The first-order valence-electron chi connectivity index (χ1n) is 8.52. The molecule has 0 unspecified atom stereocenters. The second-order valence-corrected chi connectivity index (χ2v) is 6.99. The van der Waals surface area contributed by atoms with Crippen molar-refractivity contribution in [1.29, 1.82) is 0 Å². The van der Waals surface area contributed by atoms with Crippen molar-refractivity contribution < 1.29 is 9.53 Å². The summed E-state index contributed by atoms with van der Waals surface area (Å²) in [5.74, 6) is 0.435. The number of carbonyl (C=O) groups excluding carboxylic acids is 1. The van der Waals surface area contributed by atoms with Gasteiger partial charge in [-0.25, -0.2) is 19.4 Å². The van der Waals surface area contributed by atoms with Crippen LogP contribution in [0.3, 0.4) is 0 Å². The van der Waals surface area contributed by atoms with Gasteiger partial charge in [0.05, 0.1) is 17.3 Å². The number of halogens is 1. The van der Waals surface area contributed by atoms with E-state index < -0.39 is 6.09 Å². The highest BCUT2D eigenvalue weighted by Crippen LogP contribution is 2.25. The van der Waals surface area contributed by atoms with Gasteiger partial charge in [0.25, 0.3) is 0 Å². The molecule has 0 radical (unpaired) electrons. The fraction of sp³-hybridized carbons (Fsp3) is 0.100. The Hall–Kier alpha value is -3.26. The molecule has 4 rings (SSSR count). The Balaban J connectivity index is 1.61. The van der Waals surface area contributed by atoms with E-state index in [1.54, 1.807) is 17.9 Å². The van der Waals surface area contributed by atoms with Crippen LogP contribution in [-0.4, -0.2) is 32.9 Å². The quantitative estimate of drug-likeness (QED) is 0.474. The van der Waals surface area contributed by atoms with Gasteiger partial charge in [-0.1, -0.05) is 52.3 Å². The van der Waals surface area contributed by atoms with Crippen LogP contribution in [0.2, 0.25) is 0 Å². The summed E-state index contributed by atoms with van der Waals surface area (Å²) in [5.41, 5.74) is 2.37. The van der Waals surface area contributed by atoms with Gasteiger partial charge in [0.15, 0.2) is 11.5 Å². The number of fused-ring (bicyclic) bond motifs is 1. The van der Waals surface area contributed by atoms with E-state index >= 15 is 0 Å². The predicted molar refractivity (Wildman–Crippen MR) is 109 cm³/mol. The number of nitrogens with zero attached hydrogens (tertiary/aromatic N) is 5. The second-order valence-electron chi connectivity index (χ2n) is 6.07. The van der Waals surface area contributed by atoms with Crippen molar-refractivity contribution in [2.45, 2.75) is 6.61 Å². The molecule has 0 spiro atoms. The van der Waals surface area contributed by atoms with Gasteiger partial charge in [0, 0.05) is 11.5 Å². The van der Waals surface area contributed by atoms with Gasteiger partial charge < -0.3 is 4.74 Å². The minimum Gasteiger partial charge on any atom is -0.444 e. The first kappa shape index (κ1) is 18.1. The Bertz CT molecular complexity index is 1130. The third-order valence-corrected chi connectivity index (χ3v) is 4.69. The van der Waals surface area contributed by atoms with Crippen molar-refractivity contribution in [3.8, 4) is 5.69 Å². The molecule has 28 heavy (non-hydrogen) atoms. The molecular weight excluding hydrogens is 422 g/mol. The molecule has 0 saturated carbocycles. The van der Waals surface area contributed by atoms with E-state index in [1.165, 1.54) is 11.2 Å². The number of benzene rings is 2. The van der Waals surface area contributed by atoms with Gasteiger partial charge in [0.2, 0.25) is 0 Å². The van der Waals surface area contributed by atoms with Crippen LogP contribution >= 0.6 is 15.9 Å². The Labute approximate surface area is 169 Å². The van der Waals surface area contributed by atoms with Crippen molar-refractivity contribution in [1.82, 2.24) is 19.7 Å². The highest BCUT2D eigenvalue weighted by Gasteiger charge is 2.19. The van der Waals surface area contributed by atoms with Gasteiger partial charge in [-0.3, -0.25) is 4.90 Å². The molecule has 0 N–H and O–H groups in total. The number of amides is 1. The Morgan fingerprint density at radius 3 is 2.75 bits per heavy atom. The molecule has 0 bridgehead atoms. The first-order chi connectivity index (χ1) is 13.6. The van der Waals surface area contributed by atoms with Gasteiger partial charge in [-0.2, -0.15) is 5.10 Å². The number of hydrogen-bond donors (Lipinski definition) is 0. The average Bonchev–Trinajstić information content (AvgIpc) is 3.16. The fourth-order valence-corrected chi connectivity index (χ4v) is 3.19. The molecule has 140 valence electrons. The topological polar surface area (TPSA) is 73.1 Å². The van der Waals surface area contributed by atoms with Crippen LogP contribution in [0.15, 0.2) is 71.6 Å². The Morgan fingerprint density at radius 1 is 1.14 bits per heavy atom. The lowest BCUT2D eigenvalue weighted by Crippen LogP contribution is -2.28. The van der Waals surface area contributed by atoms with Crippen LogP contribution < -0.4 is 4.90 Å². The molecule has 0 aliphatic carbocycles. The second kappa shape index (κ2) is 7.77. The van der Waals surface area contributed by atoms with Crippen LogP contribution in [0, 0.1) is 0 Å². The van der Waals surface area contributed by atoms with Gasteiger partial charge >= 0.3 is 6.09 Å². The minimum atomic E-state index is -0.501. The maximum Gasteiger partial charge on any atom is 0.415 e. The smallest absolute Gasteiger partial charge is 0.415 e. The van der Waals surface area contributed by atoms with Crippen molar-refractivity contribution in [3.05, 3.63) is 77.2 Å².